The molecule has 0 fully saturated rings. The number of benzene rings is 3. The van der Waals surface area contributed by atoms with E-state index >= 15 is 0 Å². The van der Waals surface area contributed by atoms with Gasteiger partial charge in [-0.2, -0.15) is 0 Å². The van der Waals surface area contributed by atoms with Crippen LogP contribution in [-0.4, -0.2) is 11.2 Å². The van der Waals surface area contributed by atoms with Crippen molar-refractivity contribution in [1.29, 1.82) is 0 Å². The van der Waals surface area contributed by atoms with Crippen molar-refractivity contribution in [3.8, 4) is 11.5 Å². The van der Waals surface area contributed by atoms with Gasteiger partial charge in [0.25, 0.3) is 0 Å². The van der Waals surface area contributed by atoms with Gasteiger partial charge in [0.15, 0.2) is 5.58 Å². The topological polar surface area (TPSA) is 38.4 Å². The van der Waals surface area contributed by atoms with Crippen LogP contribution in [-0.2, 0) is 0 Å². The number of hydrogen-bond acceptors (Lipinski definition) is 3. The Bertz CT molecular complexity index is 1060. The molecule has 0 amide bonds. The summed E-state index contributed by atoms with van der Waals surface area (Å²) in [5, 5.41) is 0. The van der Waals surface area contributed by atoms with Crippen LogP contribution in [0.3, 0.4) is 0 Å². The standard InChI is InChI=1S/C21H15IN2O/c1-14-5-10-20-19(11-14)24-21(25-20)16-6-8-18(9-7-16)23-13-15-3-2-4-17(22)12-15/h2-13H,1H3. The molecule has 0 aliphatic heterocycles. The van der Waals surface area contributed by atoms with Gasteiger partial charge < -0.3 is 4.42 Å². The molecular formula is C21H15IN2O. The van der Waals surface area contributed by atoms with Gasteiger partial charge in [0.1, 0.15) is 5.52 Å². The van der Waals surface area contributed by atoms with Gasteiger partial charge in [0.05, 0.1) is 5.69 Å². The largest absolute Gasteiger partial charge is 0.436 e. The fraction of sp³-hybridized carbons (Fsp3) is 0.0476. The molecule has 0 atom stereocenters. The lowest BCUT2D eigenvalue weighted by molar-refractivity contribution is 0.620. The molecule has 0 unspecified atom stereocenters. The Balaban J connectivity index is 1.58. The molecule has 25 heavy (non-hydrogen) atoms. The van der Waals surface area contributed by atoms with Gasteiger partial charge in [0, 0.05) is 15.3 Å². The molecule has 0 saturated heterocycles. The lowest BCUT2D eigenvalue weighted by Gasteiger charge is -1.98. The van der Waals surface area contributed by atoms with Crippen LogP contribution in [0.4, 0.5) is 5.69 Å². The highest BCUT2D eigenvalue weighted by atomic mass is 127. The summed E-state index contributed by atoms with van der Waals surface area (Å²) in [5.41, 5.74) is 5.80. The van der Waals surface area contributed by atoms with Crippen molar-refractivity contribution in [3.05, 3.63) is 81.4 Å². The Kier molecular flexibility index (Phi) is 4.36. The van der Waals surface area contributed by atoms with Gasteiger partial charge in [-0.25, -0.2) is 4.98 Å². The Morgan fingerprint density at radius 1 is 1.00 bits per heavy atom. The first-order valence-corrected chi connectivity index (χ1v) is 9.02. The zero-order valence-electron chi connectivity index (χ0n) is 13.6. The van der Waals surface area contributed by atoms with Crippen LogP contribution in [0.2, 0.25) is 0 Å². The molecule has 0 radical (unpaired) electrons. The van der Waals surface area contributed by atoms with Gasteiger partial charge in [-0.05, 0) is 89.2 Å². The van der Waals surface area contributed by atoms with Crippen LogP contribution in [0.15, 0.2) is 76.1 Å². The Hall–Kier alpha value is -2.47. The summed E-state index contributed by atoms with van der Waals surface area (Å²) in [6.07, 6.45) is 1.87. The Morgan fingerprint density at radius 3 is 2.64 bits per heavy atom. The lowest BCUT2D eigenvalue weighted by atomic mass is 10.2. The quantitative estimate of drug-likeness (QED) is 0.284. The van der Waals surface area contributed by atoms with E-state index in [1.54, 1.807) is 0 Å². The van der Waals surface area contributed by atoms with Crippen molar-refractivity contribution in [1.82, 2.24) is 4.98 Å². The van der Waals surface area contributed by atoms with E-state index in [0.29, 0.717) is 5.89 Å². The summed E-state index contributed by atoms with van der Waals surface area (Å²) in [4.78, 5) is 9.10. The minimum absolute atomic E-state index is 0.633. The second-order valence-electron chi connectivity index (χ2n) is 5.85. The van der Waals surface area contributed by atoms with Crippen LogP contribution < -0.4 is 0 Å². The number of oxazole rings is 1. The number of nitrogens with zero attached hydrogens (tertiary/aromatic N) is 2. The van der Waals surface area contributed by atoms with Crippen LogP contribution in [0.5, 0.6) is 0 Å². The van der Waals surface area contributed by atoms with Crippen molar-refractivity contribution in [2.75, 3.05) is 0 Å². The number of rotatable bonds is 3. The number of aryl methyl sites for hydroxylation is 1. The average Bonchev–Trinajstić information content (AvgIpc) is 3.03. The van der Waals surface area contributed by atoms with E-state index in [1.165, 1.54) is 9.13 Å². The Labute approximate surface area is 159 Å². The second-order valence-corrected chi connectivity index (χ2v) is 7.10. The first kappa shape index (κ1) is 16.0. The van der Waals surface area contributed by atoms with Crippen molar-refractivity contribution < 1.29 is 4.42 Å². The van der Waals surface area contributed by atoms with Gasteiger partial charge in [-0.3, -0.25) is 4.99 Å². The molecule has 0 aliphatic carbocycles. The summed E-state index contributed by atoms with van der Waals surface area (Å²) < 4.78 is 7.04. The Morgan fingerprint density at radius 2 is 1.84 bits per heavy atom. The van der Waals surface area contributed by atoms with Crippen molar-refractivity contribution in [2.24, 2.45) is 4.99 Å². The van der Waals surface area contributed by atoms with Crippen molar-refractivity contribution in [2.45, 2.75) is 6.92 Å². The zero-order valence-corrected chi connectivity index (χ0v) is 15.8. The summed E-state index contributed by atoms with van der Waals surface area (Å²) in [5.74, 6) is 0.633. The average molecular weight is 438 g/mol. The molecule has 4 rings (SSSR count). The molecule has 1 aromatic heterocycles. The number of aliphatic imine (C=N–C) groups is 1. The van der Waals surface area contributed by atoms with Crippen LogP contribution in [0, 0.1) is 10.5 Å². The van der Waals surface area contributed by atoms with E-state index in [9.17, 15) is 0 Å². The molecule has 1 heterocycles. The maximum absolute atomic E-state index is 5.84. The van der Waals surface area contributed by atoms with E-state index in [-0.39, 0.29) is 0 Å². The second kappa shape index (κ2) is 6.80. The molecule has 4 aromatic rings. The molecule has 0 N–H and O–H groups in total. The zero-order chi connectivity index (χ0) is 17.2. The van der Waals surface area contributed by atoms with Gasteiger partial charge >= 0.3 is 0 Å². The number of fused-ring (bicyclic) bond motifs is 1. The normalized spacial score (nSPS) is 11.4. The van der Waals surface area contributed by atoms with Crippen molar-refractivity contribution in [3.63, 3.8) is 0 Å². The van der Waals surface area contributed by atoms with E-state index in [0.717, 1.165) is 27.9 Å². The fourth-order valence-electron chi connectivity index (χ4n) is 2.59. The third-order valence-electron chi connectivity index (χ3n) is 3.87. The highest BCUT2D eigenvalue weighted by molar-refractivity contribution is 14.1. The number of halogens is 1. The van der Waals surface area contributed by atoms with Crippen LogP contribution in [0.25, 0.3) is 22.6 Å². The first-order chi connectivity index (χ1) is 12.2. The minimum Gasteiger partial charge on any atom is -0.436 e. The fourth-order valence-corrected chi connectivity index (χ4v) is 3.15. The third kappa shape index (κ3) is 3.64. The summed E-state index contributed by atoms with van der Waals surface area (Å²) in [6, 6.07) is 22.2. The minimum atomic E-state index is 0.633. The van der Waals surface area contributed by atoms with Gasteiger partial charge in [-0.15, -0.1) is 0 Å². The molecule has 0 aliphatic rings. The number of aromatic nitrogens is 1. The molecular weight excluding hydrogens is 423 g/mol. The van der Waals surface area contributed by atoms with E-state index in [1.807, 2.05) is 67.7 Å². The van der Waals surface area contributed by atoms with E-state index < -0.39 is 0 Å². The van der Waals surface area contributed by atoms with E-state index in [2.05, 4.69) is 44.7 Å². The van der Waals surface area contributed by atoms with Gasteiger partial charge in [-0.1, -0.05) is 18.2 Å². The SMILES string of the molecule is Cc1ccc2oc(-c3ccc(N=Cc4cccc(I)c4)cc3)nc2c1. The maximum atomic E-state index is 5.84. The van der Waals surface area contributed by atoms with Crippen LogP contribution in [0.1, 0.15) is 11.1 Å². The molecule has 0 spiro atoms. The molecule has 122 valence electrons. The summed E-state index contributed by atoms with van der Waals surface area (Å²) in [7, 11) is 0. The van der Waals surface area contributed by atoms with Gasteiger partial charge in [0.2, 0.25) is 5.89 Å². The molecule has 3 nitrogen and oxygen atoms in total. The smallest absolute Gasteiger partial charge is 0.227 e. The highest BCUT2D eigenvalue weighted by Gasteiger charge is 2.08. The van der Waals surface area contributed by atoms with Crippen LogP contribution >= 0.6 is 22.6 Å². The summed E-state index contributed by atoms with van der Waals surface area (Å²) >= 11 is 2.30. The highest BCUT2D eigenvalue weighted by Crippen LogP contribution is 2.26. The maximum Gasteiger partial charge on any atom is 0.227 e. The van der Waals surface area contributed by atoms with E-state index in [4.69, 9.17) is 4.42 Å². The monoisotopic (exact) mass is 438 g/mol. The summed E-state index contributed by atoms with van der Waals surface area (Å²) in [6.45, 7) is 2.05. The molecule has 0 bridgehead atoms. The third-order valence-corrected chi connectivity index (χ3v) is 4.54. The first-order valence-electron chi connectivity index (χ1n) is 7.95. The molecule has 0 saturated carbocycles. The predicted molar refractivity (Wildman–Crippen MR) is 111 cm³/mol. The molecule has 4 heteroatoms. The predicted octanol–water partition coefficient (Wildman–Crippen LogP) is 6.16. The number of hydrogen-bond donors (Lipinski definition) is 0. The molecule has 3 aromatic carbocycles. The lowest BCUT2D eigenvalue weighted by Crippen LogP contribution is -1.81. The van der Waals surface area contributed by atoms with Crippen molar-refractivity contribution >= 4 is 45.6 Å².